The van der Waals surface area contributed by atoms with Gasteiger partial charge in [-0.05, 0) is 60.5 Å². The predicted octanol–water partition coefficient (Wildman–Crippen LogP) is 6.47. The lowest BCUT2D eigenvalue weighted by Gasteiger charge is -2.18. The number of anilines is 1. The number of amides is 2. The van der Waals surface area contributed by atoms with Gasteiger partial charge in [-0.15, -0.1) is 0 Å². The molecule has 0 aliphatic rings. The van der Waals surface area contributed by atoms with E-state index < -0.39 is 17.7 Å². The maximum absolute atomic E-state index is 13.6. The fourth-order valence-corrected chi connectivity index (χ4v) is 3.02. The van der Waals surface area contributed by atoms with Crippen molar-refractivity contribution in [2.45, 2.75) is 26.0 Å². The van der Waals surface area contributed by atoms with Gasteiger partial charge < -0.3 is 15.4 Å². The first-order valence-corrected chi connectivity index (χ1v) is 9.84. The third-order valence-electron chi connectivity index (χ3n) is 4.49. The standard InChI is InChI=1S/C23H21ClF2N2O2/c1-2-22(15-6-8-16(24)9-7-15)30-18-12-10-17(11-13-18)28-23(29)27-14-19-20(25)4-3-5-21(19)26/h3-13,22H,2,14H2,1H3,(H2,27,28,29). The van der Waals surface area contributed by atoms with Crippen LogP contribution in [0.2, 0.25) is 5.02 Å². The van der Waals surface area contributed by atoms with E-state index in [-0.39, 0.29) is 18.2 Å². The van der Waals surface area contributed by atoms with Crippen molar-refractivity contribution < 1.29 is 18.3 Å². The van der Waals surface area contributed by atoms with E-state index in [1.165, 1.54) is 6.07 Å². The molecule has 0 fully saturated rings. The Labute approximate surface area is 178 Å². The van der Waals surface area contributed by atoms with Gasteiger partial charge in [0, 0.05) is 16.3 Å². The molecule has 2 N–H and O–H groups in total. The van der Waals surface area contributed by atoms with Crippen molar-refractivity contribution in [2.75, 3.05) is 5.32 Å². The fraction of sp³-hybridized carbons (Fsp3) is 0.174. The maximum Gasteiger partial charge on any atom is 0.319 e. The van der Waals surface area contributed by atoms with Gasteiger partial charge in [0.2, 0.25) is 0 Å². The molecule has 0 bridgehead atoms. The van der Waals surface area contributed by atoms with E-state index in [4.69, 9.17) is 16.3 Å². The van der Waals surface area contributed by atoms with Gasteiger partial charge >= 0.3 is 6.03 Å². The minimum absolute atomic E-state index is 0.125. The van der Waals surface area contributed by atoms with Crippen LogP contribution in [0, 0.1) is 11.6 Å². The lowest BCUT2D eigenvalue weighted by molar-refractivity contribution is 0.201. The van der Waals surface area contributed by atoms with E-state index in [9.17, 15) is 13.6 Å². The molecule has 7 heteroatoms. The number of rotatable bonds is 7. The summed E-state index contributed by atoms with van der Waals surface area (Å²) in [5.74, 6) is -0.762. The van der Waals surface area contributed by atoms with Crippen molar-refractivity contribution in [3.8, 4) is 5.75 Å². The summed E-state index contributed by atoms with van der Waals surface area (Å²) in [4.78, 5) is 12.0. The molecule has 3 aromatic rings. The maximum atomic E-state index is 13.6. The summed E-state index contributed by atoms with van der Waals surface area (Å²) >= 11 is 5.93. The number of benzene rings is 3. The highest BCUT2D eigenvalue weighted by atomic mass is 35.5. The Hall–Kier alpha value is -3.12. The van der Waals surface area contributed by atoms with Crippen molar-refractivity contribution in [2.24, 2.45) is 0 Å². The van der Waals surface area contributed by atoms with E-state index in [1.807, 2.05) is 31.2 Å². The third-order valence-corrected chi connectivity index (χ3v) is 4.74. The van der Waals surface area contributed by atoms with Gasteiger partial charge in [-0.1, -0.05) is 36.7 Å². The molecule has 0 spiro atoms. The number of ether oxygens (including phenoxy) is 1. The quantitative estimate of drug-likeness (QED) is 0.451. The zero-order valence-electron chi connectivity index (χ0n) is 16.3. The summed E-state index contributed by atoms with van der Waals surface area (Å²) in [5, 5.41) is 5.72. The predicted molar refractivity (Wildman–Crippen MR) is 114 cm³/mol. The highest BCUT2D eigenvalue weighted by Gasteiger charge is 2.12. The minimum Gasteiger partial charge on any atom is -0.486 e. The van der Waals surface area contributed by atoms with Crippen LogP contribution in [0.3, 0.4) is 0 Å². The summed E-state index contributed by atoms with van der Waals surface area (Å²) in [6.07, 6.45) is 0.649. The van der Waals surface area contributed by atoms with Crippen LogP contribution in [-0.4, -0.2) is 6.03 Å². The summed E-state index contributed by atoms with van der Waals surface area (Å²) < 4.78 is 33.3. The average molecular weight is 431 g/mol. The Bertz CT molecular complexity index is 975. The monoisotopic (exact) mass is 430 g/mol. The third kappa shape index (κ3) is 5.70. The topological polar surface area (TPSA) is 50.4 Å². The molecule has 0 aromatic heterocycles. The van der Waals surface area contributed by atoms with E-state index >= 15 is 0 Å². The highest BCUT2D eigenvalue weighted by Crippen LogP contribution is 2.26. The van der Waals surface area contributed by atoms with Gasteiger partial charge in [-0.2, -0.15) is 0 Å². The molecule has 0 aliphatic heterocycles. The van der Waals surface area contributed by atoms with E-state index in [0.29, 0.717) is 16.5 Å². The van der Waals surface area contributed by atoms with Crippen molar-refractivity contribution >= 4 is 23.3 Å². The number of halogens is 3. The van der Waals surface area contributed by atoms with Gasteiger partial charge in [-0.3, -0.25) is 0 Å². The van der Waals surface area contributed by atoms with Crippen LogP contribution >= 0.6 is 11.6 Å². The number of carbonyl (C=O) groups is 1. The second kappa shape index (κ2) is 10.1. The normalized spacial score (nSPS) is 11.6. The van der Waals surface area contributed by atoms with Crippen LogP contribution in [0.4, 0.5) is 19.3 Å². The molecular weight excluding hydrogens is 410 g/mol. The van der Waals surface area contributed by atoms with E-state index in [2.05, 4.69) is 10.6 Å². The first-order valence-electron chi connectivity index (χ1n) is 9.46. The molecule has 0 radical (unpaired) electrons. The van der Waals surface area contributed by atoms with Crippen molar-refractivity contribution in [1.82, 2.24) is 5.32 Å². The molecular formula is C23H21ClF2N2O2. The second-order valence-electron chi connectivity index (χ2n) is 6.60. The molecule has 4 nitrogen and oxygen atoms in total. The Morgan fingerprint density at radius 3 is 2.23 bits per heavy atom. The van der Waals surface area contributed by atoms with Gasteiger partial charge in [0.25, 0.3) is 0 Å². The smallest absolute Gasteiger partial charge is 0.319 e. The molecule has 0 saturated heterocycles. The summed E-state index contributed by atoms with van der Waals surface area (Å²) in [6.45, 7) is 1.77. The molecule has 0 heterocycles. The van der Waals surface area contributed by atoms with Crippen LogP contribution in [0.15, 0.2) is 66.7 Å². The Morgan fingerprint density at radius 1 is 1.00 bits per heavy atom. The number of hydrogen-bond donors (Lipinski definition) is 2. The van der Waals surface area contributed by atoms with Gasteiger partial charge in [-0.25, -0.2) is 13.6 Å². The molecule has 1 atom stereocenters. The second-order valence-corrected chi connectivity index (χ2v) is 7.03. The molecule has 156 valence electrons. The number of carbonyl (C=O) groups excluding carboxylic acids is 1. The molecule has 3 rings (SSSR count). The zero-order valence-corrected chi connectivity index (χ0v) is 17.0. The fourth-order valence-electron chi connectivity index (χ4n) is 2.89. The molecule has 0 saturated carbocycles. The van der Waals surface area contributed by atoms with Gasteiger partial charge in [0.15, 0.2) is 0 Å². The van der Waals surface area contributed by atoms with E-state index in [0.717, 1.165) is 24.1 Å². The first-order chi connectivity index (χ1) is 14.5. The zero-order chi connectivity index (χ0) is 21.5. The van der Waals surface area contributed by atoms with Crippen LogP contribution in [0.1, 0.15) is 30.6 Å². The Balaban J connectivity index is 1.56. The summed E-state index contributed by atoms with van der Waals surface area (Å²) in [6, 6.07) is 17.3. The molecule has 0 aliphatic carbocycles. The van der Waals surface area contributed by atoms with Crippen LogP contribution < -0.4 is 15.4 Å². The van der Waals surface area contributed by atoms with E-state index in [1.54, 1.807) is 24.3 Å². The summed E-state index contributed by atoms with van der Waals surface area (Å²) in [7, 11) is 0. The van der Waals surface area contributed by atoms with Gasteiger partial charge in [0.1, 0.15) is 23.5 Å². The minimum atomic E-state index is -0.706. The Kier molecular flexibility index (Phi) is 7.25. The van der Waals surface area contributed by atoms with Crippen molar-refractivity contribution in [3.63, 3.8) is 0 Å². The van der Waals surface area contributed by atoms with Gasteiger partial charge in [0.05, 0.1) is 6.54 Å². The number of hydrogen-bond acceptors (Lipinski definition) is 2. The number of nitrogens with one attached hydrogen (secondary N) is 2. The summed E-state index contributed by atoms with van der Waals surface area (Å²) in [5.41, 5.74) is 1.35. The first kappa shape index (κ1) is 21.6. The lowest BCUT2D eigenvalue weighted by Crippen LogP contribution is -2.28. The molecule has 2 amide bonds. The van der Waals surface area contributed by atoms with Crippen molar-refractivity contribution in [1.29, 1.82) is 0 Å². The molecule has 3 aromatic carbocycles. The molecule has 30 heavy (non-hydrogen) atoms. The lowest BCUT2D eigenvalue weighted by atomic mass is 10.1. The van der Waals surface area contributed by atoms with Crippen LogP contribution in [0.5, 0.6) is 5.75 Å². The average Bonchev–Trinajstić information content (AvgIpc) is 2.73. The van der Waals surface area contributed by atoms with Crippen LogP contribution in [-0.2, 0) is 6.54 Å². The highest BCUT2D eigenvalue weighted by molar-refractivity contribution is 6.30. The molecule has 1 unspecified atom stereocenters. The largest absolute Gasteiger partial charge is 0.486 e. The number of urea groups is 1. The van der Waals surface area contributed by atoms with Crippen molar-refractivity contribution in [3.05, 3.63) is 94.5 Å². The van der Waals surface area contributed by atoms with Crippen LogP contribution in [0.25, 0.3) is 0 Å². The Morgan fingerprint density at radius 2 is 1.63 bits per heavy atom. The SMILES string of the molecule is CCC(Oc1ccc(NC(=O)NCc2c(F)cccc2F)cc1)c1ccc(Cl)cc1.